The molecule has 3 saturated heterocycles. The number of aryl methyl sites for hydroxylation is 2. The van der Waals surface area contributed by atoms with Gasteiger partial charge in [-0.3, -0.25) is 9.58 Å². The molecule has 3 aromatic heterocycles. The van der Waals surface area contributed by atoms with Crippen molar-refractivity contribution in [2.45, 2.75) is 43.5 Å². The van der Waals surface area contributed by atoms with Gasteiger partial charge in [0, 0.05) is 44.6 Å². The molecule has 0 bridgehead atoms. The van der Waals surface area contributed by atoms with Gasteiger partial charge >= 0.3 is 6.01 Å². The van der Waals surface area contributed by atoms with E-state index in [0.717, 1.165) is 19.4 Å². The largest absolute Gasteiger partial charge is 0.508 e. The van der Waals surface area contributed by atoms with Crippen LogP contribution in [0.3, 0.4) is 0 Å². The number of β-amino-alcohol motifs (C(OH)–C–C–N with tert-alkyl or cyclic N) is 1. The fourth-order valence-corrected chi connectivity index (χ4v) is 8.15. The average Bonchev–Trinajstić information content (AvgIpc) is 3.72. The van der Waals surface area contributed by atoms with E-state index >= 15 is 4.39 Å². The second-order valence-electron chi connectivity index (χ2n) is 13.8. The number of anilines is 1. The molecule has 0 radical (unpaired) electrons. The van der Waals surface area contributed by atoms with Crippen LogP contribution in [0, 0.1) is 18.2 Å². The third-order valence-corrected chi connectivity index (χ3v) is 10.2. The molecule has 250 valence electrons. The summed E-state index contributed by atoms with van der Waals surface area (Å²) in [4.78, 5) is 14.0. The van der Waals surface area contributed by atoms with E-state index in [1.807, 2.05) is 16.5 Å². The van der Waals surface area contributed by atoms with Gasteiger partial charge < -0.3 is 29.2 Å². The van der Waals surface area contributed by atoms with Crippen LogP contribution in [0.2, 0.25) is 0 Å². The quantitative estimate of drug-likeness (QED) is 0.271. The van der Waals surface area contributed by atoms with E-state index in [9.17, 15) is 14.6 Å². The highest BCUT2D eigenvalue weighted by Gasteiger charge is 2.49. The second-order valence-corrected chi connectivity index (χ2v) is 13.8. The van der Waals surface area contributed by atoms with Gasteiger partial charge in [0.05, 0.1) is 47.3 Å². The van der Waals surface area contributed by atoms with Crippen molar-refractivity contribution in [2.75, 3.05) is 50.9 Å². The van der Waals surface area contributed by atoms with E-state index in [1.165, 1.54) is 6.07 Å². The van der Waals surface area contributed by atoms with Crippen LogP contribution in [-0.4, -0.2) is 103 Å². The number of nitrogens with zero attached hydrogens (tertiary/aromatic N) is 7. The van der Waals surface area contributed by atoms with Crippen LogP contribution in [-0.2, 0) is 18.8 Å². The monoisotopic (exact) mass is 657 g/mol. The molecule has 0 spiro atoms. The molecule has 48 heavy (non-hydrogen) atoms. The number of alkyl halides is 1. The van der Waals surface area contributed by atoms with Crippen molar-refractivity contribution < 1.29 is 28.5 Å². The van der Waals surface area contributed by atoms with Crippen molar-refractivity contribution in [3.05, 3.63) is 35.6 Å². The van der Waals surface area contributed by atoms with Gasteiger partial charge in [0.2, 0.25) is 0 Å². The fourth-order valence-electron chi connectivity index (χ4n) is 8.15. The summed E-state index contributed by atoms with van der Waals surface area (Å²) < 4.78 is 45.3. The second kappa shape index (κ2) is 11.0. The van der Waals surface area contributed by atoms with Crippen LogP contribution in [0.1, 0.15) is 31.7 Å². The first kappa shape index (κ1) is 30.8. The normalized spacial score (nSPS) is 24.9. The van der Waals surface area contributed by atoms with Gasteiger partial charge in [0.15, 0.2) is 5.65 Å². The number of fused-ring (bicyclic) bond motifs is 5. The Labute approximate surface area is 275 Å². The molecule has 0 saturated carbocycles. The van der Waals surface area contributed by atoms with E-state index in [-0.39, 0.29) is 37.1 Å². The molecule has 11 nitrogen and oxygen atoms in total. The zero-order valence-corrected chi connectivity index (χ0v) is 27.1. The average molecular weight is 658 g/mol. The molecule has 3 atom stereocenters. The molecule has 0 aliphatic carbocycles. The Morgan fingerprint density at radius 2 is 2.00 bits per heavy atom. The van der Waals surface area contributed by atoms with E-state index in [0.29, 0.717) is 76.0 Å². The third-order valence-electron chi connectivity index (χ3n) is 10.2. The molecular formula is C35H37F2N7O4. The molecule has 2 aromatic carbocycles. The summed E-state index contributed by atoms with van der Waals surface area (Å²) in [5.41, 5.74) is 1.37. The van der Waals surface area contributed by atoms with E-state index in [4.69, 9.17) is 31.0 Å². The minimum absolute atomic E-state index is 0.0182. The van der Waals surface area contributed by atoms with Crippen LogP contribution in [0.15, 0.2) is 24.3 Å². The van der Waals surface area contributed by atoms with Crippen molar-refractivity contribution in [1.82, 2.24) is 29.2 Å². The van der Waals surface area contributed by atoms with E-state index in [1.54, 1.807) is 36.9 Å². The fraction of sp³-hybridized carbons (Fsp3) is 0.457. The van der Waals surface area contributed by atoms with Gasteiger partial charge in [-0.1, -0.05) is 12.0 Å². The Bertz CT molecular complexity index is 2150. The highest BCUT2D eigenvalue weighted by atomic mass is 19.1. The summed E-state index contributed by atoms with van der Waals surface area (Å²) in [6.07, 6.45) is 7.15. The Kier molecular flexibility index (Phi) is 7.07. The molecule has 13 heteroatoms. The van der Waals surface area contributed by atoms with Crippen LogP contribution < -0.4 is 9.64 Å². The van der Waals surface area contributed by atoms with Gasteiger partial charge in [-0.05, 0) is 49.9 Å². The van der Waals surface area contributed by atoms with Gasteiger partial charge in [0.1, 0.15) is 41.5 Å². The van der Waals surface area contributed by atoms with Crippen molar-refractivity contribution >= 4 is 38.7 Å². The first-order chi connectivity index (χ1) is 23.0. The molecule has 2 N–H and O–H groups in total. The van der Waals surface area contributed by atoms with Crippen LogP contribution >= 0.6 is 0 Å². The molecule has 3 fully saturated rings. The topological polar surface area (TPSA) is 114 Å². The first-order valence-corrected chi connectivity index (χ1v) is 16.2. The number of aromatic hydroxyl groups is 1. The number of halogens is 2. The molecule has 0 amide bonds. The van der Waals surface area contributed by atoms with Crippen molar-refractivity contribution in [2.24, 2.45) is 14.1 Å². The van der Waals surface area contributed by atoms with Crippen LogP contribution in [0.25, 0.3) is 44.1 Å². The molecule has 8 rings (SSSR count). The van der Waals surface area contributed by atoms with Crippen molar-refractivity contribution in [3.8, 4) is 35.4 Å². The molecule has 5 aromatic rings. The summed E-state index contributed by atoms with van der Waals surface area (Å²) in [5.74, 6) is 2.45. The number of benzene rings is 2. The molecule has 6 heterocycles. The number of phenolic OH excluding ortho intramolecular Hbond substituents is 1. The summed E-state index contributed by atoms with van der Waals surface area (Å²) in [6, 6.07) is 6.10. The number of aromatic nitrogens is 5. The standard InChI is InChI=1S/C35H37F2N7O4/c1-5-23-25(37)8-7-20-13-22(45)14-24(26(20)23)28-30-29(42(4)40-28)27-31(41(30)3)38-33(39-32(27)43-11-12-47-18-34(2,46)17-43)48-19-35-9-6-10-44(35)16-21(36)15-35/h1,7-8,13-14,21,45-46H,6,9-12,15-19H2,2-4H3/t21-,34+,35+/m1/s1. The number of hydrogen-bond acceptors (Lipinski definition) is 9. The Morgan fingerprint density at radius 1 is 1.17 bits per heavy atom. The van der Waals surface area contributed by atoms with Gasteiger partial charge in [-0.15, -0.1) is 6.42 Å². The first-order valence-electron chi connectivity index (χ1n) is 16.2. The van der Waals surface area contributed by atoms with Crippen molar-refractivity contribution in [1.29, 1.82) is 0 Å². The summed E-state index contributed by atoms with van der Waals surface area (Å²) in [7, 11) is 3.66. The Hall–Kier alpha value is -4.51. The molecule has 0 unspecified atom stereocenters. The lowest BCUT2D eigenvalue weighted by atomic mass is 9.95. The number of terminal acetylenes is 1. The van der Waals surface area contributed by atoms with Gasteiger partial charge in [-0.25, -0.2) is 8.78 Å². The smallest absolute Gasteiger partial charge is 0.320 e. The third kappa shape index (κ3) is 4.76. The summed E-state index contributed by atoms with van der Waals surface area (Å²) in [6.45, 7) is 4.46. The molecule has 3 aliphatic heterocycles. The lowest BCUT2D eigenvalue weighted by molar-refractivity contribution is -0.0123. The van der Waals surface area contributed by atoms with Gasteiger partial charge in [-0.2, -0.15) is 15.1 Å². The maximum Gasteiger partial charge on any atom is 0.320 e. The predicted octanol–water partition coefficient (Wildman–Crippen LogP) is 4.04. The number of ether oxygens (including phenoxy) is 2. The number of rotatable bonds is 5. The molecule has 3 aliphatic rings. The Morgan fingerprint density at radius 3 is 2.81 bits per heavy atom. The van der Waals surface area contributed by atoms with E-state index in [2.05, 4.69) is 10.8 Å². The highest BCUT2D eigenvalue weighted by Crippen LogP contribution is 2.44. The van der Waals surface area contributed by atoms with Gasteiger partial charge in [0.25, 0.3) is 0 Å². The lowest BCUT2D eigenvalue weighted by Crippen LogP contribution is -2.44. The SMILES string of the molecule is C#Cc1c(F)ccc2cc(O)cc(-c3nn(C)c4c5c(N6CCOC[C@@](C)(O)C6)nc(OC[C@@]67CCCN6C[C@H](F)C7)nc5n(C)c34)c12. The summed E-state index contributed by atoms with van der Waals surface area (Å²) >= 11 is 0. The Balaban J connectivity index is 1.35. The van der Waals surface area contributed by atoms with Crippen LogP contribution in [0.4, 0.5) is 14.6 Å². The summed E-state index contributed by atoms with van der Waals surface area (Å²) in [5, 5.41) is 28.5. The number of hydrogen-bond donors (Lipinski definition) is 2. The zero-order chi connectivity index (χ0) is 33.5. The molecular weight excluding hydrogens is 620 g/mol. The number of aliphatic hydroxyl groups is 1. The maximum absolute atomic E-state index is 15.0. The van der Waals surface area contributed by atoms with E-state index < -0.39 is 23.1 Å². The minimum atomic E-state index is -1.15. The number of phenols is 1. The minimum Gasteiger partial charge on any atom is -0.508 e. The highest BCUT2D eigenvalue weighted by molar-refractivity contribution is 6.16. The predicted molar refractivity (Wildman–Crippen MR) is 177 cm³/mol. The maximum atomic E-state index is 15.0. The lowest BCUT2D eigenvalue weighted by Gasteiger charge is -2.31. The van der Waals surface area contributed by atoms with Crippen molar-refractivity contribution in [3.63, 3.8) is 0 Å². The zero-order valence-electron chi connectivity index (χ0n) is 27.1. The van der Waals surface area contributed by atoms with Crippen LogP contribution in [0.5, 0.6) is 11.8 Å².